The third-order valence-electron chi connectivity index (χ3n) is 6.70. The van der Waals surface area contributed by atoms with Crippen LogP contribution in [0.15, 0.2) is 85.5 Å². The Morgan fingerprint density at radius 3 is 2.19 bits per heavy atom. The molecule has 0 radical (unpaired) electrons. The van der Waals surface area contributed by atoms with Gasteiger partial charge in [0.1, 0.15) is 12.2 Å². The molecule has 2 aliphatic heterocycles. The Balaban J connectivity index is 1.47. The van der Waals surface area contributed by atoms with E-state index in [2.05, 4.69) is 100 Å². The molecule has 2 heterocycles. The number of benzene rings is 2. The van der Waals surface area contributed by atoms with Gasteiger partial charge in [0.15, 0.2) is 5.79 Å². The fourth-order valence-electron chi connectivity index (χ4n) is 5.17. The summed E-state index contributed by atoms with van der Waals surface area (Å²) < 4.78 is 19.4. The summed E-state index contributed by atoms with van der Waals surface area (Å²) >= 11 is 0. The number of rotatable bonds is 9. The van der Waals surface area contributed by atoms with E-state index in [9.17, 15) is 0 Å². The van der Waals surface area contributed by atoms with Gasteiger partial charge < -0.3 is 13.9 Å². The molecule has 0 spiro atoms. The normalized spacial score (nSPS) is 25.1. The number of hydrogen-bond acceptors (Lipinski definition) is 3. The molecule has 0 aliphatic carbocycles. The highest BCUT2D eigenvalue weighted by molar-refractivity contribution is 6.99. The van der Waals surface area contributed by atoms with Crippen LogP contribution in [0.2, 0.25) is 5.04 Å². The highest BCUT2D eigenvalue weighted by Crippen LogP contribution is 2.41. The second-order valence-electron chi connectivity index (χ2n) is 9.91. The van der Waals surface area contributed by atoms with Crippen LogP contribution in [0.5, 0.6) is 0 Å². The number of hydrogen-bond donors (Lipinski definition) is 0. The molecule has 1 saturated heterocycles. The smallest absolute Gasteiger partial charge is 0.261 e. The van der Waals surface area contributed by atoms with Crippen LogP contribution in [0.3, 0.4) is 0 Å². The zero-order valence-electron chi connectivity index (χ0n) is 19.6. The third-order valence-corrected chi connectivity index (χ3v) is 11.7. The second-order valence-corrected chi connectivity index (χ2v) is 14.2. The van der Waals surface area contributed by atoms with Crippen LogP contribution < -0.4 is 10.4 Å². The fourth-order valence-corrected chi connectivity index (χ4v) is 9.78. The lowest BCUT2D eigenvalue weighted by molar-refractivity contribution is -0.175. The van der Waals surface area contributed by atoms with Crippen LogP contribution in [0, 0.1) is 0 Å². The molecule has 0 saturated carbocycles. The maximum absolute atomic E-state index is 7.00. The number of fused-ring (bicyclic) bond motifs is 2. The molecular weight excluding hydrogens is 412 g/mol. The van der Waals surface area contributed by atoms with Crippen molar-refractivity contribution in [2.75, 3.05) is 6.61 Å². The fraction of sp³-hybridized carbons (Fsp3) is 0.429. The second kappa shape index (κ2) is 9.48. The largest absolute Gasteiger partial charge is 0.407 e. The summed E-state index contributed by atoms with van der Waals surface area (Å²) in [4.78, 5) is 0. The molecule has 3 nitrogen and oxygen atoms in total. The topological polar surface area (TPSA) is 27.7 Å². The molecule has 2 bridgehead atoms. The van der Waals surface area contributed by atoms with Crippen molar-refractivity contribution < 1.29 is 13.9 Å². The van der Waals surface area contributed by atoms with Crippen LogP contribution >= 0.6 is 0 Å². The van der Waals surface area contributed by atoms with Crippen molar-refractivity contribution in [2.24, 2.45) is 0 Å². The van der Waals surface area contributed by atoms with Gasteiger partial charge in [0.2, 0.25) is 0 Å². The zero-order chi connectivity index (χ0) is 22.7. The van der Waals surface area contributed by atoms with E-state index in [-0.39, 0.29) is 17.2 Å². The first-order valence-corrected chi connectivity index (χ1v) is 13.7. The van der Waals surface area contributed by atoms with Gasteiger partial charge in [0.25, 0.3) is 8.32 Å². The van der Waals surface area contributed by atoms with Crippen LogP contribution in [0.25, 0.3) is 0 Å². The molecule has 2 aliphatic rings. The zero-order valence-corrected chi connectivity index (χ0v) is 20.6. The quantitative estimate of drug-likeness (QED) is 0.294. The van der Waals surface area contributed by atoms with E-state index in [4.69, 9.17) is 13.9 Å². The Morgan fingerprint density at radius 1 is 1.00 bits per heavy atom. The van der Waals surface area contributed by atoms with Crippen molar-refractivity contribution in [2.45, 2.75) is 69.5 Å². The molecule has 2 aromatic rings. The number of unbranched alkanes of at least 4 members (excludes halogenated alkanes) is 1. The van der Waals surface area contributed by atoms with E-state index in [0.29, 0.717) is 0 Å². The first-order valence-electron chi connectivity index (χ1n) is 11.8. The van der Waals surface area contributed by atoms with E-state index in [0.717, 1.165) is 32.3 Å². The molecule has 4 rings (SSSR count). The predicted molar refractivity (Wildman–Crippen MR) is 134 cm³/mol. The molecule has 3 atom stereocenters. The molecular formula is C28H36O3Si. The Bertz CT molecular complexity index is 879. The summed E-state index contributed by atoms with van der Waals surface area (Å²) in [5.74, 6) is -0.490. The molecule has 0 aromatic heterocycles. The summed E-state index contributed by atoms with van der Waals surface area (Å²) in [7, 11) is -2.46. The maximum atomic E-state index is 7.00. The van der Waals surface area contributed by atoms with Crippen molar-refractivity contribution in [3.63, 3.8) is 0 Å². The lowest BCUT2D eigenvalue weighted by Crippen LogP contribution is -2.66. The van der Waals surface area contributed by atoms with Crippen molar-refractivity contribution in [3.8, 4) is 0 Å². The Kier molecular flexibility index (Phi) is 6.87. The molecule has 2 aromatic carbocycles. The Morgan fingerprint density at radius 2 is 1.62 bits per heavy atom. The molecule has 170 valence electrons. The molecule has 1 fully saturated rings. The summed E-state index contributed by atoms with van der Waals surface area (Å²) in [5.41, 5.74) is 0. The van der Waals surface area contributed by atoms with Crippen LogP contribution in [-0.4, -0.2) is 32.9 Å². The van der Waals surface area contributed by atoms with E-state index >= 15 is 0 Å². The van der Waals surface area contributed by atoms with Crippen LogP contribution in [-0.2, 0) is 13.9 Å². The lowest BCUT2D eigenvalue weighted by atomic mass is 10.0. The standard InChI is InChI=1S/C28H36O3Si/c1-5-25-26-19-14-21-28(30-25,31-26)20-12-13-22-29-32(27(2,3)4,23-15-8-6-9-16-23)24-17-10-7-11-18-24/h5-11,14-19,25-26H,1,12-13,20-22H2,2-4H3/t25-,26-,28+/m1/s1. The maximum Gasteiger partial charge on any atom is 0.261 e. The predicted octanol–water partition coefficient (Wildman–Crippen LogP) is 5.36. The van der Waals surface area contributed by atoms with E-state index in [1.54, 1.807) is 0 Å². The molecule has 4 heteroatoms. The van der Waals surface area contributed by atoms with Crippen LogP contribution in [0.1, 0.15) is 46.5 Å². The molecule has 32 heavy (non-hydrogen) atoms. The highest BCUT2D eigenvalue weighted by atomic mass is 28.4. The minimum Gasteiger partial charge on any atom is -0.407 e. The average Bonchev–Trinajstić information content (AvgIpc) is 3.05. The molecule has 0 unspecified atom stereocenters. The van der Waals surface area contributed by atoms with Crippen molar-refractivity contribution in [1.82, 2.24) is 0 Å². The van der Waals surface area contributed by atoms with Gasteiger partial charge in [-0.25, -0.2) is 0 Å². The number of ether oxygens (including phenoxy) is 2. The minimum atomic E-state index is -2.46. The van der Waals surface area contributed by atoms with Crippen LogP contribution in [0.4, 0.5) is 0 Å². The minimum absolute atomic E-state index is 0.00460. The van der Waals surface area contributed by atoms with Crippen molar-refractivity contribution >= 4 is 18.7 Å². The average molecular weight is 449 g/mol. The first-order chi connectivity index (χ1) is 15.4. The SMILES string of the molecule is C=C[C@H]1O[C@]2(CCCCO[Si](c3ccccc3)(c3ccccc3)C(C)(C)C)CC=C[C@H]1O2. The van der Waals surface area contributed by atoms with Gasteiger partial charge in [-0.15, -0.1) is 6.58 Å². The first kappa shape index (κ1) is 23.2. The van der Waals surface area contributed by atoms with Gasteiger partial charge in [0.05, 0.1) is 0 Å². The van der Waals surface area contributed by atoms with Gasteiger partial charge in [-0.1, -0.05) is 99.7 Å². The van der Waals surface area contributed by atoms with Gasteiger partial charge in [0, 0.05) is 19.4 Å². The molecule has 0 amide bonds. The Hall–Kier alpha value is -1.98. The van der Waals surface area contributed by atoms with Crippen molar-refractivity contribution in [3.05, 3.63) is 85.5 Å². The lowest BCUT2D eigenvalue weighted by Gasteiger charge is -2.43. The van der Waals surface area contributed by atoms with Gasteiger partial charge >= 0.3 is 0 Å². The summed E-state index contributed by atoms with van der Waals surface area (Å²) in [5, 5.41) is 2.66. The third kappa shape index (κ3) is 4.42. The Labute approximate surface area is 194 Å². The van der Waals surface area contributed by atoms with Gasteiger partial charge in [-0.2, -0.15) is 0 Å². The van der Waals surface area contributed by atoms with Crippen molar-refractivity contribution in [1.29, 1.82) is 0 Å². The van der Waals surface area contributed by atoms with E-state index < -0.39 is 14.1 Å². The van der Waals surface area contributed by atoms with Gasteiger partial charge in [-0.05, 0) is 28.3 Å². The summed E-state index contributed by atoms with van der Waals surface area (Å²) in [6.07, 6.45) is 9.78. The van der Waals surface area contributed by atoms with E-state index in [1.807, 2.05) is 6.08 Å². The van der Waals surface area contributed by atoms with Gasteiger partial charge in [-0.3, -0.25) is 0 Å². The monoisotopic (exact) mass is 448 g/mol. The molecule has 0 N–H and O–H groups in total. The summed E-state index contributed by atoms with van der Waals surface area (Å²) in [6.45, 7) is 11.6. The summed E-state index contributed by atoms with van der Waals surface area (Å²) in [6, 6.07) is 21.7. The highest BCUT2D eigenvalue weighted by Gasteiger charge is 2.50. The van der Waals surface area contributed by atoms with E-state index in [1.165, 1.54) is 10.4 Å².